The molecule has 138 valence electrons. The molecule has 0 bridgehead atoms. The van der Waals surface area contributed by atoms with Crippen molar-refractivity contribution in [3.8, 4) is 0 Å². The van der Waals surface area contributed by atoms with Crippen molar-refractivity contribution in [3.63, 3.8) is 0 Å². The molecule has 2 aromatic carbocycles. The Morgan fingerprint density at radius 3 is 2.54 bits per heavy atom. The molecule has 1 saturated heterocycles. The summed E-state index contributed by atoms with van der Waals surface area (Å²) in [5, 5.41) is 9.05. The van der Waals surface area contributed by atoms with Crippen molar-refractivity contribution < 1.29 is 22.7 Å². The molecule has 1 unspecified atom stereocenters. The van der Waals surface area contributed by atoms with E-state index in [1.54, 1.807) is 0 Å². The van der Waals surface area contributed by atoms with E-state index >= 15 is 0 Å². The zero-order chi connectivity index (χ0) is 18.7. The molecule has 0 amide bonds. The normalized spacial score (nSPS) is 19.0. The van der Waals surface area contributed by atoms with E-state index in [1.165, 1.54) is 4.31 Å². The SMILES string of the molecule is O=C(O)c1cc(S(=O)(=O)N2CCCCC(c3ccccc3)C2)ccc1F. The molecular weight excluding hydrogens is 357 g/mol. The Labute approximate surface area is 152 Å². The minimum atomic E-state index is -3.90. The van der Waals surface area contributed by atoms with Crippen molar-refractivity contribution in [1.82, 2.24) is 4.31 Å². The molecule has 0 radical (unpaired) electrons. The maximum Gasteiger partial charge on any atom is 0.338 e. The summed E-state index contributed by atoms with van der Waals surface area (Å²) in [5.74, 6) is -2.36. The first-order valence-electron chi connectivity index (χ1n) is 8.47. The van der Waals surface area contributed by atoms with Gasteiger partial charge in [0.25, 0.3) is 0 Å². The van der Waals surface area contributed by atoms with Gasteiger partial charge in [-0.3, -0.25) is 0 Å². The van der Waals surface area contributed by atoms with Crippen molar-refractivity contribution in [3.05, 3.63) is 65.5 Å². The number of rotatable bonds is 4. The highest BCUT2D eigenvalue weighted by Gasteiger charge is 2.30. The molecule has 0 aromatic heterocycles. The standard InChI is InChI=1S/C19H20FNO4S/c20-18-10-9-16(12-17(18)19(22)23)26(24,25)21-11-5-4-8-15(13-21)14-6-2-1-3-7-14/h1-3,6-7,9-10,12,15H,4-5,8,11,13H2,(H,22,23). The fourth-order valence-electron chi connectivity index (χ4n) is 3.30. The maximum atomic E-state index is 13.6. The quantitative estimate of drug-likeness (QED) is 0.885. The van der Waals surface area contributed by atoms with Crippen LogP contribution in [0.3, 0.4) is 0 Å². The molecule has 0 spiro atoms. The number of carbonyl (C=O) groups is 1. The lowest BCUT2D eigenvalue weighted by Gasteiger charge is -2.24. The van der Waals surface area contributed by atoms with Crippen LogP contribution < -0.4 is 0 Å². The Morgan fingerprint density at radius 1 is 1.12 bits per heavy atom. The molecule has 5 nitrogen and oxygen atoms in total. The molecule has 1 aliphatic heterocycles. The van der Waals surface area contributed by atoms with E-state index in [0.717, 1.165) is 43.0 Å². The van der Waals surface area contributed by atoms with Crippen molar-refractivity contribution in [2.75, 3.05) is 13.1 Å². The molecule has 1 fully saturated rings. The average molecular weight is 377 g/mol. The number of carboxylic acids is 1. The third-order valence-electron chi connectivity index (χ3n) is 4.71. The van der Waals surface area contributed by atoms with Crippen LogP contribution in [0.2, 0.25) is 0 Å². The molecule has 26 heavy (non-hydrogen) atoms. The molecule has 1 atom stereocenters. The Balaban J connectivity index is 1.93. The van der Waals surface area contributed by atoms with E-state index in [1.807, 2.05) is 30.3 Å². The number of halogens is 1. The Bertz CT molecular complexity index is 899. The monoisotopic (exact) mass is 377 g/mol. The van der Waals surface area contributed by atoms with Crippen LogP contribution in [-0.4, -0.2) is 36.9 Å². The van der Waals surface area contributed by atoms with E-state index in [4.69, 9.17) is 5.11 Å². The zero-order valence-corrected chi connectivity index (χ0v) is 15.0. The number of sulfonamides is 1. The van der Waals surface area contributed by atoms with Crippen LogP contribution in [0.25, 0.3) is 0 Å². The fourth-order valence-corrected chi connectivity index (χ4v) is 4.85. The van der Waals surface area contributed by atoms with E-state index in [-0.39, 0.29) is 10.8 Å². The van der Waals surface area contributed by atoms with Gasteiger partial charge in [0, 0.05) is 13.1 Å². The van der Waals surface area contributed by atoms with E-state index in [9.17, 15) is 17.6 Å². The highest BCUT2D eigenvalue weighted by molar-refractivity contribution is 7.89. The number of nitrogens with zero attached hydrogens (tertiary/aromatic N) is 1. The largest absolute Gasteiger partial charge is 0.478 e. The van der Waals surface area contributed by atoms with Crippen LogP contribution in [0.1, 0.15) is 41.1 Å². The predicted octanol–water partition coefficient (Wildman–Crippen LogP) is 3.48. The van der Waals surface area contributed by atoms with Crippen LogP contribution in [-0.2, 0) is 10.0 Å². The van der Waals surface area contributed by atoms with Gasteiger partial charge in [-0.15, -0.1) is 0 Å². The molecule has 0 saturated carbocycles. The van der Waals surface area contributed by atoms with E-state index in [2.05, 4.69) is 0 Å². The maximum absolute atomic E-state index is 13.6. The summed E-state index contributed by atoms with van der Waals surface area (Å²) in [7, 11) is -3.90. The van der Waals surface area contributed by atoms with E-state index < -0.39 is 27.4 Å². The molecule has 7 heteroatoms. The summed E-state index contributed by atoms with van der Waals surface area (Å²) in [5.41, 5.74) is 0.445. The first-order chi connectivity index (χ1) is 12.4. The minimum absolute atomic E-state index is 0.0767. The summed E-state index contributed by atoms with van der Waals surface area (Å²) in [4.78, 5) is 10.9. The molecular formula is C19H20FNO4S. The second-order valence-electron chi connectivity index (χ2n) is 6.41. The van der Waals surface area contributed by atoms with Crippen LogP contribution in [0.5, 0.6) is 0 Å². The van der Waals surface area contributed by atoms with Crippen LogP contribution in [0.15, 0.2) is 53.4 Å². The van der Waals surface area contributed by atoms with Gasteiger partial charge >= 0.3 is 5.97 Å². The number of aromatic carboxylic acids is 1. The topological polar surface area (TPSA) is 74.7 Å². The van der Waals surface area contributed by atoms with Crippen LogP contribution in [0.4, 0.5) is 4.39 Å². The van der Waals surface area contributed by atoms with Crippen LogP contribution >= 0.6 is 0 Å². The predicted molar refractivity (Wildman–Crippen MR) is 95.2 cm³/mol. The van der Waals surface area contributed by atoms with Gasteiger partial charge in [-0.05, 0) is 42.5 Å². The molecule has 2 aromatic rings. The number of benzene rings is 2. The van der Waals surface area contributed by atoms with Gasteiger partial charge in [0.15, 0.2) is 0 Å². The Hall–Kier alpha value is -2.25. The van der Waals surface area contributed by atoms with Crippen molar-refractivity contribution in [1.29, 1.82) is 0 Å². The first kappa shape index (κ1) is 18.5. The van der Waals surface area contributed by atoms with Gasteiger partial charge in [-0.1, -0.05) is 36.8 Å². The fraction of sp³-hybridized carbons (Fsp3) is 0.316. The van der Waals surface area contributed by atoms with Gasteiger partial charge in [0.1, 0.15) is 5.82 Å². The second kappa shape index (κ2) is 7.55. The Morgan fingerprint density at radius 2 is 1.85 bits per heavy atom. The van der Waals surface area contributed by atoms with E-state index in [0.29, 0.717) is 13.1 Å². The van der Waals surface area contributed by atoms with Gasteiger partial charge in [-0.25, -0.2) is 17.6 Å². The number of hydrogen-bond acceptors (Lipinski definition) is 3. The summed E-state index contributed by atoms with van der Waals surface area (Å²) in [6.07, 6.45) is 2.53. The third kappa shape index (κ3) is 3.78. The lowest BCUT2D eigenvalue weighted by atomic mass is 9.95. The van der Waals surface area contributed by atoms with Gasteiger partial charge < -0.3 is 5.11 Å². The highest BCUT2D eigenvalue weighted by atomic mass is 32.2. The van der Waals surface area contributed by atoms with Crippen molar-refractivity contribution in [2.24, 2.45) is 0 Å². The second-order valence-corrected chi connectivity index (χ2v) is 8.35. The summed E-state index contributed by atoms with van der Waals surface area (Å²) >= 11 is 0. The lowest BCUT2D eigenvalue weighted by molar-refractivity contribution is 0.0691. The van der Waals surface area contributed by atoms with Crippen LogP contribution in [0, 0.1) is 5.82 Å². The molecule has 3 rings (SSSR count). The third-order valence-corrected chi connectivity index (χ3v) is 6.57. The highest BCUT2D eigenvalue weighted by Crippen LogP contribution is 2.30. The van der Waals surface area contributed by atoms with Crippen molar-refractivity contribution in [2.45, 2.75) is 30.1 Å². The smallest absolute Gasteiger partial charge is 0.338 e. The summed E-state index contributed by atoms with van der Waals surface area (Å²) in [6.45, 7) is 0.692. The molecule has 1 aliphatic rings. The molecule has 1 N–H and O–H groups in total. The Kier molecular flexibility index (Phi) is 5.38. The van der Waals surface area contributed by atoms with Gasteiger partial charge in [0.2, 0.25) is 10.0 Å². The van der Waals surface area contributed by atoms with Gasteiger partial charge in [-0.2, -0.15) is 4.31 Å². The first-order valence-corrected chi connectivity index (χ1v) is 9.91. The van der Waals surface area contributed by atoms with Crippen molar-refractivity contribution >= 4 is 16.0 Å². The summed E-state index contributed by atoms with van der Waals surface area (Å²) in [6, 6.07) is 12.7. The summed E-state index contributed by atoms with van der Waals surface area (Å²) < 4.78 is 41.0. The zero-order valence-electron chi connectivity index (χ0n) is 14.1. The minimum Gasteiger partial charge on any atom is -0.478 e. The number of hydrogen-bond donors (Lipinski definition) is 1. The number of carboxylic acid groups (broad SMARTS) is 1. The molecule has 0 aliphatic carbocycles. The lowest BCUT2D eigenvalue weighted by Crippen LogP contribution is -2.34. The average Bonchev–Trinajstić information content (AvgIpc) is 2.89. The molecule has 1 heterocycles. The van der Waals surface area contributed by atoms with Gasteiger partial charge in [0.05, 0.1) is 10.5 Å².